The Morgan fingerprint density at radius 2 is 1.73 bits per heavy atom. The van der Waals surface area contributed by atoms with Gasteiger partial charge in [0.25, 0.3) is 5.56 Å². The first kappa shape index (κ1) is 33.3. The molecule has 2 fully saturated rings. The highest BCUT2D eigenvalue weighted by molar-refractivity contribution is 6.36. The molecule has 5 aromatic rings. The summed E-state index contributed by atoms with van der Waals surface area (Å²) in [5.41, 5.74) is 10.6. The molecule has 3 atom stereocenters. The Balaban J connectivity index is 1.01. The fraction of sp³-hybridized carbons (Fsp3) is 0.317. The zero-order valence-electron chi connectivity index (χ0n) is 28.6. The highest BCUT2D eigenvalue weighted by Gasteiger charge is 2.28. The molecule has 2 amide bonds. The van der Waals surface area contributed by atoms with Crippen molar-refractivity contribution in [3.63, 3.8) is 0 Å². The number of amides is 2. The number of rotatable bonds is 9. The molecule has 260 valence electrons. The largest absolute Gasteiger partial charge is 0.352 e. The van der Waals surface area contributed by atoms with Crippen molar-refractivity contribution < 1.29 is 9.59 Å². The highest BCUT2D eigenvalue weighted by atomic mass is 35.5. The van der Waals surface area contributed by atoms with Crippen LogP contribution in [0.1, 0.15) is 47.9 Å². The van der Waals surface area contributed by atoms with E-state index >= 15 is 0 Å². The Morgan fingerprint density at radius 1 is 0.941 bits per heavy atom. The molecule has 8 rings (SSSR count). The monoisotopic (exact) mass is 700 g/mol. The molecular weight excluding hydrogens is 660 g/mol. The summed E-state index contributed by atoms with van der Waals surface area (Å²) < 4.78 is 1.58. The van der Waals surface area contributed by atoms with Gasteiger partial charge >= 0.3 is 0 Å². The molecule has 0 bridgehead atoms. The molecule has 10 heteroatoms. The Labute approximate surface area is 301 Å². The predicted octanol–water partition coefficient (Wildman–Crippen LogP) is 5.36. The van der Waals surface area contributed by atoms with E-state index in [1.165, 1.54) is 11.1 Å². The second-order valence-electron chi connectivity index (χ2n) is 14.1. The lowest BCUT2D eigenvalue weighted by molar-refractivity contribution is -0.123. The average Bonchev–Trinajstić information content (AvgIpc) is 3.91. The van der Waals surface area contributed by atoms with Crippen molar-refractivity contribution >= 4 is 29.1 Å². The van der Waals surface area contributed by atoms with Crippen molar-refractivity contribution in [2.24, 2.45) is 0 Å². The van der Waals surface area contributed by atoms with Crippen LogP contribution in [0.4, 0.5) is 0 Å². The van der Waals surface area contributed by atoms with Gasteiger partial charge in [0.15, 0.2) is 0 Å². The molecule has 9 nitrogen and oxygen atoms in total. The smallest absolute Gasteiger partial charge is 0.262 e. The zero-order valence-corrected chi connectivity index (χ0v) is 29.4. The first-order chi connectivity index (χ1) is 24.8. The summed E-state index contributed by atoms with van der Waals surface area (Å²) in [4.78, 5) is 42.1. The molecule has 2 saturated heterocycles. The summed E-state index contributed by atoms with van der Waals surface area (Å²) in [6, 6.07) is 23.0. The lowest BCUT2D eigenvalue weighted by Gasteiger charge is -2.16. The van der Waals surface area contributed by atoms with Crippen LogP contribution in [-0.4, -0.2) is 52.4 Å². The number of pyridine rings is 1. The van der Waals surface area contributed by atoms with Crippen molar-refractivity contribution in [2.75, 3.05) is 13.1 Å². The van der Waals surface area contributed by atoms with Crippen LogP contribution in [-0.2, 0) is 29.0 Å². The Morgan fingerprint density at radius 3 is 2.53 bits per heavy atom. The minimum Gasteiger partial charge on any atom is -0.352 e. The van der Waals surface area contributed by atoms with E-state index in [0.717, 1.165) is 77.6 Å². The van der Waals surface area contributed by atoms with E-state index in [1.807, 2.05) is 18.2 Å². The van der Waals surface area contributed by atoms with E-state index in [4.69, 9.17) is 11.6 Å². The molecule has 51 heavy (non-hydrogen) atoms. The maximum atomic E-state index is 13.3. The van der Waals surface area contributed by atoms with E-state index < -0.39 is 0 Å². The van der Waals surface area contributed by atoms with Gasteiger partial charge in [-0.2, -0.15) is 0 Å². The number of fused-ring (bicyclic) bond motifs is 2. The summed E-state index contributed by atoms with van der Waals surface area (Å²) in [5.74, 6) is 0.186. The molecule has 4 N–H and O–H groups in total. The minimum atomic E-state index is -0.114. The quantitative estimate of drug-likeness (QED) is 0.165. The first-order valence-electron chi connectivity index (χ1n) is 17.9. The third-order valence-corrected chi connectivity index (χ3v) is 11.1. The fourth-order valence-electron chi connectivity index (χ4n) is 7.91. The second kappa shape index (κ2) is 14.1. The first-order valence-corrected chi connectivity index (χ1v) is 18.3. The Kier molecular flexibility index (Phi) is 9.19. The molecule has 0 spiro atoms. The summed E-state index contributed by atoms with van der Waals surface area (Å²) in [6.07, 6.45) is 8.38. The number of carbonyl (C=O) groups excluding carboxylic acids is 2. The third kappa shape index (κ3) is 6.69. The predicted molar refractivity (Wildman–Crippen MR) is 201 cm³/mol. The standard InChI is InChI=1S/C41H41ClN6O3/c1-24-32(27-14-16-48-37(20-27)45-22-29(41(48)51)21-43-23-30-12-13-38(49)46-30)5-2-6-33(24)35-8-3-7-34(39(35)42)26-11-10-25-18-31(19-28(25)17-26)47-40(50)36-9-4-15-44-36/h2-3,5-8,10-11,14,16-17,20,22,30-31,36,43-44H,4,9,12-13,15,18-19,21,23H2,1H3,(H,46,49)(H,47,50)/t30-,31-,36+/m0/s1. The van der Waals surface area contributed by atoms with Gasteiger partial charge in [0, 0.05) is 60.7 Å². The lowest BCUT2D eigenvalue weighted by atomic mass is 9.91. The number of carbonyl (C=O) groups is 2. The van der Waals surface area contributed by atoms with Gasteiger partial charge in [-0.15, -0.1) is 0 Å². The number of hydrogen-bond acceptors (Lipinski definition) is 6. The molecule has 2 aliphatic heterocycles. The molecule has 1 aliphatic carbocycles. The van der Waals surface area contributed by atoms with Crippen molar-refractivity contribution in [1.29, 1.82) is 0 Å². The van der Waals surface area contributed by atoms with Gasteiger partial charge in [0.2, 0.25) is 11.8 Å². The van der Waals surface area contributed by atoms with E-state index in [9.17, 15) is 14.4 Å². The SMILES string of the molecule is Cc1c(-c2ccn3c(=O)c(CNC[C@@H]4CCC(=O)N4)cnc3c2)cccc1-c1cccc(-c2ccc3c(c2)C[C@@H](NC(=O)[C@H]2CCCN2)C3)c1Cl. The number of nitrogens with one attached hydrogen (secondary N) is 4. The molecule has 2 aromatic heterocycles. The summed E-state index contributed by atoms with van der Waals surface area (Å²) in [5, 5.41) is 13.5. The van der Waals surface area contributed by atoms with Gasteiger partial charge < -0.3 is 21.3 Å². The number of benzene rings is 3. The van der Waals surface area contributed by atoms with Gasteiger partial charge in [-0.25, -0.2) is 4.98 Å². The topological polar surface area (TPSA) is 117 Å². The van der Waals surface area contributed by atoms with Crippen LogP contribution < -0.4 is 26.8 Å². The van der Waals surface area contributed by atoms with Crippen LogP contribution in [0.5, 0.6) is 0 Å². The third-order valence-electron chi connectivity index (χ3n) is 10.7. The minimum absolute atomic E-state index is 0.0729. The van der Waals surface area contributed by atoms with Crippen molar-refractivity contribution in [3.05, 3.63) is 117 Å². The average molecular weight is 701 g/mol. The summed E-state index contributed by atoms with van der Waals surface area (Å²) >= 11 is 7.22. The second-order valence-corrected chi connectivity index (χ2v) is 14.4. The highest BCUT2D eigenvalue weighted by Crippen LogP contribution is 2.41. The van der Waals surface area contributed by atoms with Crippen LogP contribution in [0.25, 0.3) is 39.0 Å². The number of nitrogens with zero attached hydrogens (tertiary/aromatic N) is 2. The van der Waals surface area contributed by atoms with Gasteiger partial charge in [-0.1, -0.05) is 66.2 Å². The molecule has 3 aliphatic rings. The van der Waals surface area contributed by atoms with Crippen LogP contribution >= 0.6 is 11.6 Å². The molecule has 3 aromatic carbocycles. The van der Waals surface area contributed by atoms with E-state index in [-0.39, 0.29) is 35.5 Å². The van der Waals surface area contributed by atoms with Crippen LogP contribution in [0.2, 0.25) is 5.02 Å². The van der Waals surface area contributed by atoms with Gasteiger partial charge in [-0.3, -0.25) is 18.8 Å². The molecule has 0 radical (unpaired) electrons. The normalized spacial score (nSPS) is 19.7. The van der Waals surface area contributed by atoms with E-state index in [0.29, 0.717) is 35.7 Å². The van der Waals surface area contributed by atoms with Gasteiger partial charge in [0.05, 0.1) is 11.1 Å². The van der Waals surface area contributed by atoms with Crippen LogP contribution in [0.3, 0.4) is 0 Å². The number of halogens is 1. The maximum absolute atomic E-state index is 13.3. The fourth-order valence-corrected chi connectivity index (χ4v) is 8.25. The van der Waals surface area contributed by atoms with Crippen molar-refractivity contribution in [3.8, 4) is 33.4 Å². The van der Waals surface area contributed by atoms with E-state index in [1.54, 1.807) is 16.8 Å². The van der Waals surface area contributed by atoms with Gasteiger partial charge in [0.1, 0.15) is 5.65 Å². The number of hydrogen-bond donors (Lipinski definition) is 4. The van der Waals surface area contributed by atoms with Crippen molar-refractivity contribution in [2.45, 2.75) is 70.1 Å². The lowest BCUT2D eigenvalue weighted by Crippen LogP contribution is -2.45. The van der Waals surface area contributed by atoms with Gasteiger partial charge in [-0.05, 0) is 96.6 Å². The zero-order chi connectivity index (χ0) is 35.1. The van der Waals surface area contributed by atoms with Crippen molar-refractivity contribution in [1.82, 2.24) is 30.7 Å². The summed E-state index contributed by atoms with van der Waals surface area (Å²) in [7, 11) is 0. The molecule has 0 saturated carbocycles. The van der Waals surface area contributed by atoms with Crippen LogP contribution in [0.15, 0.2) is 83.9 Å². The Bertz CT molecular complexity index is 2230. The maximum Gasteiger partial charge on any atom is 0.262 e. The Hall–Kier alpha value is -4.83. The molecule has 0 unspecified atom stereocenters. The number of aromatic nitrogens is 2. The molecular formula is C41H41ClN6O3. The molecule has 4 heterocycles. The summed E-state index contributed by atoms with van der Waals surface area (Å²) in [6.45, 7) is 4.00. The van der Waals surface area contributed by atoms with E-state index in [2.05, 4.69) is 81.7 Å². The van der Waals surface area contributed by atoms with Crippen LogP contribution in [0, 0.1) is 6.92 Å².